The lowest BCUT2D eigenvalue weighted by molar-refractivity contribution is 0.0272. The Labute approximate surface area is 129 Å². The molecule has 1 saturated heterocycles. The van der Waals surface area contributed by atoms with Crippen molar-refractivity contribution in [2.24, 2.45) is 11.7 Å². The highest BCUT2D eigenvalue weighted by atomic mass is 15.2. The average Bonchev–Trinajstić information content (AvgIpc) is 2.51. The lowest BCUT2D eigenvalue weighted by Crippen LogP contribution is -2.50. The molecule has 1 aromatic carbocycles. The fourth-order valence-corrected chi connectivity index (χ4v) is 4.82. The van der Waals surface area contributed by atoms with Gasteiger partial charge < -0.3 is 5.73 Å². The number of aryl methyl sites for hydroxylation is 2. The van der Waals surface area contributed by atoms with Gasteiger partial charge in [0.25, 0.3) is 0 Å². The molecule has 0 radical (unpaired) electrons. The first-order valence-corrected chi connectivity index (χ1v) is 8.74. The first-order chi connectivity index (χ1) is 10.2. The number of hydrogen-bond donors (Lipinski definition) is 1. The van der Waals surface area contributed by atoms with E-state index in [1.807, 2.05) is 0 Å². The van der Waals surface area contributed by atoms with Crippen LogP contribution in [-0.2, 0) is 0 Å². The number of nitrogens with zero attached hydrogens (tertiary/aromatic N) is 1. The molecule has 2 fully saturated rings. The third-order valence-corrected chi connectivity index (χ3v) is 5.79. The van der Waals surface area contributed by atoms with E-state index in [4.69, 9.17) is 5.73 Å². The molecule has 2 N–H and O–H groups in total. The fraction of sp³-hybridized carbons (Fsp3) is 0.684. The minimum atomic E-state index is 0.414. The standard InChI is InChI=1S/C19H30N2/c1-14-7-5-8-15(2)19(14)18(13-20)21-12-6-10-16-9-3-4-11-17(16)21/h5,7-8,16-18H,3-4,6,9-13,20H2,1-2H3/t16-,17-,18?/m1/s1. The Kier molecular flexibility index (Phi) is 4.66. The molecule has 0 bridgehead atoms. The van der Waals surface area contributed by atoms with E-state index in [0.717, 1.165) is 18.5 Å². The van der Waals surface area contributed by atoms with E-state index in [1.165, 1.54) is 61.8 Å². The van der Waals surface area contributed by atoms with Gasteiger partial charge in [-0.3, -0.25) is 4.90 Å². The Morgan fingerprint density at radius 3 is 2.48 bits per heavy atom. The van der Waals surface area contributed by atoms with Gasteiger partial charge in [-0.05, 0) is 68.7 Å². The normalized spacial score (nSPS) is 28.1. The lowest BCUT2D eigenvalue weighted by atomic mass is 9.77. The predicted octanol–water partition coefficient (Wildman–Crippen LogP) is 3.96. The second kappa shape index (κ2) is 6.50. The van der Waals surface area contributed by atoms with Gasteiger partial charge in [-0.15, -0.1) is 0 Å². The van der Waals surface area contributed by atoms with Crippen molar-refractivity contribution in [2.75, 3.05) is 13.1 Å². The van der Waals surface area contributed by atoms with Gasteiger partial charge in [0, 0.05) is 18.6 Å². The third kappa shape index (κ3) is 2.89. The van der Waals surface area contributed by atoms with Crippen LogP contribution in [0.1, 0.15) is 61.3 Å². The highest BCUT2D eigenvalue weighted by Gasteiger charge is 2.37. The lowest BCUT2D eigenvalue weighted by Gasteiger charge is -2.48. The van der Waals surface area contributed by atoms with Gasteiger partial charge in [0.2, 0.25) is 0 Å². The van der Waals surface area contributed by atoms with Crippen LogP contribution in [0.3, 0.4) is 0 Å². The van der Waals surface area contributed by atoms with E-state index in [0.29, 0.717) is 6.04 Å². The van der Waals surface area contributed by atoms with E-state index in [1.54, 1.807) is 0 Å². The Morgan fingerprint density at radius 1 is 1.10 bits per heavy atom. The van der Waals surface area contributed by atoms with E-state index in [2.05, 4.69) is 36.9 Å². The third-order valence-electron chi connectivity index (χ3n) is 5.79. The maximum absolute atomic E-state index is 6.25. The maximum atomic E-state index is 6.25. The Bertz CT molecular complexity index is 460. The van der Waals surface area contributed by atoms with Gasteiger partial charge >= 0.3 is 0 Å². The van der Waals surface area contributed by atoms with Crippen molar-refractivity contribution in [3.8, 4) is 0 Å². The highest BCUT2D eigenvalue weighted by Crippen LogP contribution is 2.40. The zero-order valence-electron chi connectivity index (χ0n) is 13.6. The monoisotopic (exact) mass is 286 g/mol. The summed E-state index contributed by atoms with van der Waals surface area (Å²) >= 11 is 0. The number of hydrogen-bond acceptors (Lipinski definition) is 2. The topological polar surface area (TPSA) is 29.3 Å². The van der Waals surface area contributed by atoms with Crippen LogP contribution in [0, 0.1) is 19.8 Å². The van der Waals surface area contributed by atoms with Gasteiger partial charge in [-0.1, -0.05) is 31.0 Å². The van der Waals surface area contributed by atoms with Crippen LogP contribution in [0.4, 0.5) is 0 Å². The SMILES string of the molecule is Cc1cccc(C)c1C(CN)N1CCC[C@H]2CCCC[C@H]21. The van der Waals surface area contributed by atoms with E-state index >= 15 is 0 Å². The van der Waals surface area contributed by atoms with Crippen LogP contribution < -0.4 is 5.73 Å². The second-order valence-electron chi connectivity index (χ2n) is 7.05. The van der Waals surface area contributed by atoms with Gasteiger partial charge in [0.1, 0.15) is 0 Å². The smallest absolute Gasteiger partial charge is 0.0478 e. The second-order valence-corrected chi connectivity index (χ2v) is 7.05. The van der Waals surface area contributed by atoms with Crippen molar-refractivity contribution in [1.82, 2.24) is 4.90 Å². The molecule has 116 valence electrons. The number of nitrogens with two attached hydrogens (primary N) is 1. The van der Waals surface area contributed by atoms with Crippen molar-refractivity contribution in [3.63, 3.8) is 0 Å². The molecule has 1 unspecified atom stereocenters. The van der Waals surface area contributed by atoms with Gasteiger partial charge in [0.15, 0.2) is 0 Å². The summed E-state index contributed by atoms with van der Waals surface area (Å²) < 4.78 is 0. The number of benzene rings is 1. The van der Waals surface area contributed by atoms with Crippen LogP contribution in [-0.4, -0.2) is 24.0 Å². The molecule has 1 aromatic rings. The molecule has 2 aliphatic rings. The summed E-state index contributed by atoms with van der Waals surface area (Å²) in [5, 5.41) is 0. The molecule has 1 aliphatic carbocycles. The van der Waals surface area contributed by atoms with E-state index in [9.17, 15) is 0 Å². The largest absolute Gasteiger partial charge is 0.329 e. The van der Waals surface area contributed by atoms with E-state index < -0.39 is 0 Å². The molecule has 0 aromatic heterocycles. The fourth-order valence-electron chi connectivity index (χ4n) is 4.82. The molecular weight excluding hydrogens is 256 g/mol. The molecule has 1 saturated carbocycles. The summed E-state index contributed by atoms with van der Waals surface area (Å²) in [6, 6.07) is 7.85. The van der Waals surface area contributed by atoms with Crippen LogP contribution in [0.2, 0.25) is 0 Å². The minimum Gasteiger partial charge on any atom is -0.329 e. The van der Waals surface area contributed by atoms with Gasteiger partial charge in [-0.2, -0.15) is 0 Å². The van der Waals surface area contributed by atoms with Crippen LogP contribution >= 0.6 is 0 Å². The zero-order chi connectivity index (χ0) is 14.8. The molecule has 2 nitrogen and oxygen atoms in total. The maximum Gasteiger partial charge on any atom is 0.0478 e. The molecule has 1 heterocycles. The molecule has 2 heteroatoms. The Hall–Kier alpha value is -0.860. The molecule has 1 aliphatic heterocycles. The summed E-state index contributed by atoms with van der Waals surface area (Å²) in [7, 11) is 0. The first-order valence-electron chi connectivity index (χ1n) is 8.74. The van der Waals surface area contributed by atoms with Crippen LogP contribution in [0.15, 0.2) is 18.2 Å². The van der Waals surface area contributed by atoms with Crippen molar-refractivity contribution in [3.05, 3.63) is 34.9 Å². The quantitative estimate of drug-likeness (QED) is 0.911. The van der Waals surface area contributed by atoms with Crippen molar-refractivity contribution >= 4 is 0 Å². The highest BCUT2D eigenvalue weighted by molar-refractivity contribution is 5.36. The van der Waals surface area contributed by atoms with Crippen LogP contribution in [0.5, 0.6) is 0 Å². The predicted molar refractivity (Wildman–Crippen MR) is 89.4 cm³/mol. The van der Waals surface area contributed by atoms with Crippen molar-refractivity contribution < 1.29 is 0 Å². The van der Waals surface area contributed by atoms with Gasteiger partial charge in [-0.25, -0.2) is 0 Å². The summed E-state index contributed by atoms with van der Waals surface area (Å²) in [5.41, 5.74) is 10.6. The number of piperidine rings is 1. The van der Waals surface area contributed by atoms with Crippen molar-refractivity contribution in [2.45, 2.75) is 64.5 Å². The summed E-state index contributed by atoms with van der Waals surface area (Å²) in [6.45, 7) is 6.46. The summed E-state index contributed by atoms with van der Waals surface area (Å²) in [5.74, 6) is 0.922. The molecule has 21 heavy (non-hydrogen) atoms. The van der Waals surface area contributed by atoms with Crippen LogP contribution in [0.25, 0.3) is 0 Å². The minimum absolute atomic E-state index is 0.414. The zero-order valence-corrected chi connectivity index (χ0v) is 13.6. The van der Waals surface area contributed by atoms with Gasteiger partial charge in [0.05, 0.1) is 0 Å². The molecule has 3 atom stereocenters. The number of likely N-dealkylation sites (tertiary alicyclic amines) is 1. The first kappa shape index (κ1) is 15.1. The summed E-state index contributed by atoms with van der Waals surface area (Å²) in [6.07, 6.45) is 8.44. The molecular formula is C19H30N2. The Balaban J connectivity index is 1.91. The molecule has 3 rings (SSSR count). The summed E-state index contributed by atoms with van der Waals surface area (Å²) in [4.78, 5) is 2.77. The number of fused-ring (bicyclic) bond motifs is 1. The molecule has 0 amide bonds. The van der Waals surface area contributed by atoms with E-state index in [-0.39, 0.29) is 0 Å². The molecule has 0 spiro atoms. The number of rotatable bonds is 3. The average molecular weight is 286 g/mol. The van der Waals surface area contributed by atoms with Crippen molar-refractivity contribution in [1.29, 1.82) is 0 Å². The Morgan fingerprint density at radius 2 is 1.76 bits per heavy atom.